The van der Waals surface area contributed by atoms with E-state index in [0.717, 1.165) is 28.1 Å². The van der Waals surface area contributed by atoms with Crippen LogP contribution in [0.2, 0.25) is 5.02 Å². The lowest BCUT2D eigenvalue weighted by Crippen LogP contribution is -2.52. The number of carbonyl (C=O) groups is 2. The molecule has 1 unspecified atom stereocenters. The molecule has 0 radical (unpaired) electrons. The number of anilines is 1. The minimum absolute atomic E-state index is 0.195. The fourth-order valence-corrected chi connectivity index (χ4v) is 4.88. The minimum atomic E-state index is -3.79. The molecular formula is C25H34ClN3O4S. The number of nitrogens with one attached hydrogen (secondary N) is 1. The van der Waals surface area contributed by atoms with E-state index >= 15 is 0 Å². The van der Waals surface area contributed by atoms with Crippen LogP contribution in [0.5, 0.6) is 0 Å². The van der Waals surface area contributed by atoms with Gasteiger partial charge in [0, 0.05) is 18.1 Å². The Hall–Kier alpha value is -2.58. The Kier molecular flexibility index (Phi) is 9.94. The maximum absolute atomic E-state index is 13.7. The number of halogens is 1. The van der Waals surface area contributed by atoms with E-state index in [4.69, 9.17) is 11.6 Å². The summed E-state index contributed by atoms with van der Waals surface area (Å²) in [5.41, 5.74) is 2.88. The van der Waals surface area contributed by atoms with Crippen LogP contribution in [0.15, 0.2) is 42.5 Å². The van der Waals surface area contributed by atoms with E-state index in [2.05, 4.69) is 5.32 Å². The van der Waals surface area contributed by atoms with Crippen molar-refractivity contribution in [1.29, 1.82) is 0 Å². The first kappa shape index (κ1) is 27.7. The van der Waals surface area contributed by atoms with Crippen LogP contribution < -0.4 is 9.62 Å². The average Bonchev–Trinajstić information content (AvgIpc) is 2.76. The second kappa shape index (κ2) is 12.2. The summed E-state index contributed by atoms with van der Waals surface area (Å²) >= 11 is 6.05. The molecule has 1 N–H and O–H groups in total. The summed E-state index contributed by atoms with van der Waals surface area (Å²) in [4.78, 5) is 28.1. The van der Waals surface area contributed by atoms with Gasteiger partial charge in [0.05, 0.1) is 11.9 Å². The second-order valence-electron chi connectivity index (χ2n) is 8.36. The van der Waals surface area contributed by atoms with Crippen LogP contribution in [0, 0.1) is 13.8 Å². The van der Waals surface area contributed by atoms with Gasteiger partial charge in [0.1, 0.15) is 12.6 Å². The summed E-state index contributed by atoms with van der Waals surface area (Å²) in [5.74, 6) is -0.707. The molecule has 2 aromatic carbocycles. The highest BCUT2D eigenvalue weighted by Gasteiger charge is 2.32. The lowest BCUT2D eigenvalue weighted by molar-refractivity contribution is -0.140. The predicted molar refractivity (Wildman–Crippen MR) is 137 cm³/mol. The fraction of sp³-hybridized carbons (Fsp3) is 0.440. The summed E-state index contributed by atoms with van der Waals surface area (Å²) < 4.78 is 26.5. The highest BCUT2D eigenvalue weighted by Crippen LogP contribution is 2.26. The Morgan fingerprint density at radius 3 is 2.29 bits per heavy atom. The van der Waals surface area contributed by atoms with Gasteiger partial charge in [-0.15, -0.1) is 0 Å². The van der Waals surface area contributed by atoms with E-state index < -0.39 is 28.5 Å². The molecule has 1 atom stereocenters. The molecule has 0 aromatic heterocycles. The molecule has 0 saturated carbocycles. The summed E-state index contributed by atoms with van der Waals surface area (Å²) in [5, 5.41) is 3.34. The molecule has 9 heteroatoms. The van der Waals surface area contributed by atoms with E-state index in [1.165, 1.54) is 4.90 Å². The number of sulfonamides is 1. The average molecular weight is 508 g/mol. The van der Waals surface area contributed by atoms with Gasteiger partial charge >= 0.3 is 0 Å². The largest absolute Gasteiger partial charge is 0.354 e. The first-order valence-corrected chi connectivity index (χ1v) is 13.6. The van der Waals surface area contributed by atoms with Gasteiger partial charge in [-0.3, -0.25) is 13.9 Å². The predicted octanol–water partition coefficient (Wildman–Crippen LogP) is 4.06. The molecule has 2 rings (SSSR count). The topological polar surface area (TPSA) is 86.8 Å². The highest BCUT2D eigenvalue weighted by molar-refractivity contribution is 7.92. The standard InChI is InChI=1S/C25H34ClN3O4S/c1-6-14-27-25(31)22(7-2)28(16-20-11-9-8-10-18(20)3)24(30)17-29(34(5,32)33)23-13-12-21(26)15-19(23)4/h8-13,15,22H,6-7,14,16-17H2,1-5H3,(H,27,31). The van der Waals surface area contributed by atoms with Crippen molar-refractivity contribution in [1.82, 2.24) is 10.2 Å². The Balaban J connectivity index is 2.47. The van der Waals surface area contributed by atoms with Gasteiger partial charge < -0.3 is 10.2 Å². The molecule has 0 bridgehead atoms. The number of carbonyl (C=O) groups excluding carboxylic acids is 2. The third-order valence-electron chi connectivity index (χ3n) is 5.64. The minimum Gasteiger partial charge on any atom is -0.354 e. The van der Waals surface area contributed by atoms with Crippen molar-refractivity contribution in [2.24, 2.45) is 0 Å². The Bertz CT molecular complexity index is 1120. The zero-order valence-corrected chi connectivity index (χ0v) is 22.0. The molecule has 0 spiro atoms. The van der Waals surface area contributed by atoms with E-state index in [1.807, 2.05) is 45.0 Å². The number of nitrogens with zero attached hydrogens (tertiary/aromatic N) is 2. The maximum atomic E-state index is 13.7. The molecule has 0 aliphatic carbocycles. The lowest BCUT2D eigenvalue weighted by atomic mass is 10.1. The van der Waals surface area contributed by atoms with Crippen LogP contribution in [0.25, 0.3) is 0 Å². The normalized spacial score (nSPS) is 12.2. The van der Waals surface area contributed by atoms with Crippen molar-refractivity contribution in [3.05, 3.63) is 64.2 Å². The van der Waals surface area contributed by atoms with Crippen LogP contribution in [-0.2, 0) is 26.2 Å². The molecule has 0 heterocycles. The number of hydrogen-bond donors (Lipinski definition) is 1. The van der Waals surface area contributed by atoms with E-state index in [-0.39, 0.29) is 12.5 Å². The summed E-state index contributed by atoms with van der Waals surface area (Å²) in [6, 6.07) is 11.7. The number of rotatable bonds is 11. The van der Waals surface area contributed by atoms with Gasteiger partial charge in [-0.05, 0) is 61.6 Å². The molecule has 186 valence electrons. The van der Waals surface area contributed by atoms with Crippen LogP contribution in [0.1, 0.15) is 43.4 Å². The maximum Gasteiger partial charge on any atom is 0.244 e. The molecule has 2 aromatic rings. The van der Waals surface area contributed by atoms with Crippen molar-refractivity contribution < 1.29 is 18.0 Å². The van der Waals surface area contributed by atoms with E-state index in [9.17, 15) is 18.0 Å². The number of amides is 2. The van der Waals surface area contributed by atoms with Gasteiger partial charge in [0.25, 0.3) is 0 Å². The Labute approximate surface area is 208 Å². The monoisotopic (exact) mass is 507 g/mol. The van der Waals surface area contributed by atoms with Gasteiger partial charge in [0.15, 0.2) is 0 Å². The first-order chi connectivity index (χ1) is 16.0. The smallest absolute Gasteiger partial charge is 0.244 e. The third-order valence-corrected chi connectivity index (χ3v) is 7.01. The summed E-state index contributed by atoms with van der Waals surface area (Å²) in [6.45, 7) is 7.74. The molecule has 7 nitrogen and oxygen atoms in total. The van der Waals surface area contributed by atoms with Crippen LogP contribution >= 0.6 is 11.6 Å². The van der Waals surface area contributed by atoms with Gasteiger partial charge in [-0.2, -0.15) is 0 Å². The van der Waals surface area contributed by atoms with Gasteiger partial charge in [0.2, 0.25) is 21.8 Å². The quantitative estimate of drug-likeness (QED) is 0.497. The molecule has 0 saturated heterocycles. The highest BCUT2D eigenvalue weighted by atomic mass is 35.5. The van der Waals surface area contributed by atoms with E-state index in [1.54, 1.807) is 25.1 Å². The second-order valence-corrected chi connectivity index (χ2v) is 10.7. The number of benzene rings is 2. The van der Waals surface area contributed by atoms with Crippen molar-refractivity contribution >= 4 is 39.1 Å². The van der Waals surface area contributed by atoms with Gasteiger partial charge in [-0.1, -0.05) is 49.7 Å². The SMILES string of the molecule is CCCNC(=O)C(CC)N(Cc1ccccc1C)C(=O)CN(c1ccc(Cl)cc1C)S(C)(=O)=O. The first-order valence-electron chi connectivity index (χ1n) is 11.3. The van der Waals surface area contributed by atoms with Crippen molar-refractivity contribution in [2.45, 2.75) is 53.1 Å². The van der Waals surface area contributed by atoms with E-state index in [0.29, 0.717) is 29.2 Å². The Morgan fingerprint density at radius 1 is 1.06 bits per heavy atom. The van der Waals surface area contributed by atoms with Crippen LogP contribution in [0.4, 0.5) is 5.69 Å². The fourth-order valence-electron chi connectivity index (χ4n) is 3.75. The molecule has 0 aliphatic heterocycles. The third kappa shape index (κ3) is 7.21. The lowest BCUT2D eigenvalue weighted by Gasteiger charge is -2.33. The zero-order chi connectivity index (χ0) is 25.5. The molecule has 0 aliphatic rings. The number of aryl methyl sites for hydroxylation is 2. The molecule has 0 fully saturated rings. The van der Waals surface area contributed by atoms with Crippen LogP contribution in [0.3, 0.4) is 0 Å². The van der Waals surface area contributed by atoms with Crippen molar-refractivity contribution in [3.63, 3.8) is 0 Å². The molecular weight excluding hydrogens is 474 g/mol. The molecule has 34 heavy (non-hydrogen) atoms. The zero-order valence-electron chi connectivity index (χ0n) is 20.5. The number of hydrogen-bond acceptors (Lipinski definition) is 4. The summed E-state index contributed by atoms with van der Waals surface area (Å²) in [6.07, 6.45) is 2.23. The van der Waals surface area contributed by atoms with Crippen LogP contribution in [-0.4, -0.2) is 50.5 Å². The van der Waals surface area contributed by atoms with Gasteiger partial charge in [-0.25, -0.2) is 8.42 Å². The van der Waals surface area contributed by atoms with Crippen molar-refractivity contribution in [3.8, 4) is 0 Å². The van der Waals surface area contributed by atoms with Crippen molar-refractivity contribution in [2.75, 3.05) is 23.7 Å². The molecule has 2 amide bonds. The Morgan fingerprint density at radius 2 is 1.74 bits per heavy atom. The summed E-state index contributed by atoms with van der Waals surface area (Å²) in [7, 11) is -3.79.